The number of anilines is 2. The van der Waals surface area contributed by atoms with Crippen LogP contribution in [-0.2, 0) is 10.3 Å². The summed E-state index contributed by atoms with van der Waals surface area (Å²) < 4.78 is 32.4. The fourth-order valence-electron chi connectivity index (χ4n) is 2.82. The van der Waals surface area contributed by atoms with Crippen LogP contribution in [0.3, 0.4) is 0 Å². The van der Waals surface area contributed by atoms with Crippen LogP contribution in [0.5, 0.6) is 0 Å². The van der Waals surface area contributed by atoms with Gasteiger partial charge in [-0.1, -0.05) is 18.2 Å². The van der Waals surface area contributed by atoms with Gasteiger partial charge in [-0.2, -0.15) is 8.42 Å². The second-order valence-electron chi connectivity index (χ2n) is 5.77. The van der Waals surface area contributed by atoms with Crippen molar-refractivity contribution in [3.8, 4) is 0 Å². The lowest BCUT2D eigenvalue weighted by atomic mass is 10.1. The van der Waals surface area contributed by atoms with Gasteiger partial charge >= 0.3 is 10.3 Å². The molecule has 2 N–H and O–H groups in total. The van der Waals surface area contributed by atoms with Crippen molar-refractivity contribution in [2.45, 2.75) is 0 Å². The number of hydrogen-bond acceptors (Lipinski definition) is 4. The molecule has 8 heteroatoms. The molecule has 3 rings (SSSR count). The summed E-state index contributed by atoms with van der Waals surface area (Å²) in [5, 5.41) is 0. The van der Waals surface area contributed by atoms with Crippen molar-refractivity contribution in [3.05, 3.63) is 60.2 Å². The normalized spacial score (nSPS) is 15.1. The number of piperazine rings is 1. The Bertz CT molecular complexity index is 830. The van der Waals surface area contributed by atoms with Crippen LogP contribution in [-0.4, -0.2) is 50.0 Å². The highest BCUT2D eigenvalue weighted by Crippen LogP contribution is 2.20. The molecule has 1 heterocycles. The highest BCUT2D eigenvalue weighted by Gasteiger charge is 2.22. The van der Waals surface area contributed by atoms with Gasteiger partial charge in [0, 0.05) is 37.4 Å². The Labute approximate surface area is 146 Å². The van der Waals surface area contributed by atoms with E-state index in [0.717, 1.165) is 5.69 Å². The van der Waals surface area contributed by atoms with Gasteiger partial charge in [-0.25, -0.2) is 0 Å². The van der Waals surface area contributed by atoms with Crippen LogP contribution in [0, 0.1) is 0 Å². The quantitative estimate of drug-likeness (QED) is 0.812. The van der Waals surface area contributed by atoms with E-state index in [2.05, 4.69) is 4.90 Å². The van der Waals surface area contributed by atoms with E-state index >= 15 is 0 Å². The molecule has 0 radical (unpaired) electrons. The Morgan fingerprint density at radius 2 is 1.52 bits per heavy atom. The number of nitrogens with one attached hydrogen (secondary N) is 1. The molecule has 132 valence electrons. The van der Waals surface area contributed by atoms with Gasteiger partial charge in [0.25, 0.3) is 5.91 Å². The molecule has 1 fully saturated rings. The zero-order valence-corrected chi connectivity index (χ0v) is 14.3. The van der Waals surface area contributed by atoms with E-state index in [9.17, 15) is 13.2 Å². The summed E-state index contributed by atoms with van der Waals surface area (Å²) in [7, 11) is -4.27. The first-order chi connectivity index (χ1) is 11.9. The summed E-state index contributed by atoms with van der Waals surface area (Å²) in [6.45, 7) is 2.64. The zero-order valence-electron chi connectivity index (χ0n) is 13.5. The molecule has 0 aliphatic carbocycles. The Morgan fingerprint density at radius 3 is 2.08 bits per heavy atom. The van der Waals surface area contributed by atoms with Crippen LogP contribution >= 0.6 is 0 Å². The number of carbonyl (C=O) groups excluding carboxylic acids is 1. The van der Waals surface area contributed by atoms with Gasteiger partial charge in [0.05, 0.1) is 5.69 Å². The monoisotopic (exact) mass is 361 g/mol. The van der Waals surface area contributed by atoms with Gasteiger partial charge in [-0.15, -0.1) is 0 Å². The molecule has 1 aliphatic heterocycles. The lowest BCUT2D eigenvalue weighted by molar-refractivity contribution is 0.0747. The number of amides is 1. The van der Waals surface area contributed by atoms with Crippen molar-refractivity contribution in [1.82, 2.24) is 4.90 Å². The maximum atomic E-state index is 12.4. The van der Waals surface area contributed by atoms with E-state index in [1.54, 1.807) is 24.3 Å². The van der Waals surface area contributed by atoms with Crippen LogP contribution < -0.4 is 9.62 Å². The summed E-state index contributed by atoms with van der Waals surface area (Å²) in [5.74, 6) is 0.0351. The van der Waals surface area contributed by atoms with Crippen molar-refractivity contribution in [2.75, 3.05) is 35.8 Å². The van der Waals surface area contributed by atoms with Gasteiger partial charge in [0.15, 0.2) is 0 Å². The summed E-state index contributed by atoms with van der Waals surface area (Å²) in [4.78, 5) is 16.4. The molecule has 7 nitrogen and oxygen atoms in total. The standard InChI is InChI=1S/C17H19N3O4S/c21-17(14-4-2-1-3-5-14)20-12-10-19(11-13-20)16-8-6-15(7-9-16)18-25(22,23)24/h1-9,18H,10-13H2,(H,22,23,24). The molecule has 0 aromatic heterocycles. The number of rotatable bonds is 4. The average Bonchev–Trinajstić information content (AvgIpc) is 2.61. The molecule has 0 atom stereocenters. The first-order valence-corrected chi connectivity index (χ1v) is 9.31. The fraction of sp³-hybridized carbons (Fsp3) is 0.235. The molecule has 25 heavy (non-hydrogen) atoms. The van der Waals surface area contributed by atoms with E-state index < -0.39 is 10.3 Å². The second-order valence-corrected chi connectivity index (χ2v) is 6.92. The van der Waals surface area contributed by atoms with Crippen LogP contribution in [0.15, 0.2) is 54.6 Å². The van der Waals surface area contributed by atoms with E-state index in [4.69, 9.17) is 4.55 Å². The third kappa shape index (κ3) is 4.49. The molecule has 1 aliphatic rings. The molecule has 0 saturated carbocycles. The van der Waals surface area contributed by atoms with Crippen molar-refractivity contribution in [1.29, 1.82) is 0 Å². The van der Waals surface area contributed by atoms with E-state index in [-0.39, 0.29) is 5.91 Å². The van der Waals surface area contributed by atoms with Gasteiger partial charge in [-0.3, -0.25) is 14.1 Å². The highest BCUT2D eigenvalue weighted by atomic mass is 32.2. The predicted molar refractivity (Wildman–Crippen MR) is 96.2 cm³/mol. The fourth-order valence-corrected chi connectivity index (χ4v) is 3.25. The Morgan fingerprint density at radius 1 is 0.920 bits per heavy atom. The van der Waals surface area contributed by atoms with E-state index in [1.165, 1.54) is 0 Å². The molecule has 2 aromatic carbocycles. The van der Waals surface area contributed by atoms with Crippen LogP contribution in [0.1, 0.15) is 10.4 Å². The zero-order chi connectivity index (χ0) is 17.9. The van der Waals surface area contributed by atoms with Crippen molar-refractivity contribution < 1.29 is 17.8 Å². The lowest BCUT2D eigenvalue weighted by Gasteiger charge is -2.36. The molecule has 0 bridgehead atoms. The van der Waals surface area contributed by atoms with E-state index in [1.807, 2.05) is 40.0 Å². The van der Waals surface area contributed by atoms with Crippen molar-refractivity contribution in [3.63, 3.8) is 0 Å². The summed E-state index contributed by atoms with van der Waals surface area (Å²) in [6, 6.07) is 16.0. The highest BCUT2D eigenvalue weighted by molar-refractivity contribution is 7.87. The topological polar surface area (TPSA) is 90.0 Å². The van der Waals surface area contributed by atoms with Gasteiger partial charge < -0.3 is 9.80 Å². The smallest absolute Gasteiger partial charge is 0.357 e. The van der Waals surface area contributed by atoms with Crippen LogP contribution in [0.25, 0.3) is 0 Å². The largest absolute Gasteiger partial charge is 0.368 e. The van der Waals surface area contributed by atoms with Gasteiger partial charge in [0.1, 0.15) is 0 Å². The third-order valence-corrected chi connectivity index (χ3v) is 4.56. The Kier molecular flexibility index (Phi) is 4.91. The molecule has 0 spiro atoms. The number of nitrogens with zero attached hydrogens (tertiary/aromatic N) is 2. The average molecular weight is 361 g/mol. The minimum atomic E-state index is -4.27. The van der Waals surface area contributed by atoms with Crippen molar-refractivity contribution in [2.24, 2.45) is 0 Å². The van der Waals surface area contributed by atoms with E-state index in [0.29, 0.717) is 37.4 Å². The Hall–Kier alpha value is -2.58. The molecule has 1 amide bonds. The first-order valence-electron chi connectivity index (χ1n) is 7.87. The molecule has 1 saturated heterocycles. The maximum absolute atomic E-state index is 12.4. The maximum Gasteiger partial charge on any atom is 0.357 e. The van der Waals surface area contributed by atoms with Gasteiger partial charge in [-0.05, 0) is 36.4 Å². The van der Waals surface area contributed by atoms with Crippen LogP contribution in [0.2, 0.25) is 0 Å². The Balaban J connectivity index is 1.60. The first kappa shape index (κ1) is 17.2. The molecular weight excluding hydrogens is 342 g/mol. The minimum absolute atomic E-state index is 0.0351. The molecular formula is C17H19N3O4S. The SMILES string of the molecule is O=C(c1ccccc1)N1CCN(c2ccc(NS(=O)(=O)O)cc2)CC1. The van der Waals surface area contributed by atoms with Gasteiger partial charge in [0.2, 0.25) is 0 Å². The van der Waals surface area contributed by atoms with Crippen LogP contribution in [0.4, 0.5) is 11.4 Å². The third-order valence-electron chi connectivity index (χ3n) is 4.07. The lowest BCUT2D eigenvalue weighted by Crippen LogP contribution is -2.48. The molecule has 2 aromatic rings. The summed E-state index contributed by atoms with van der Waals surface area (Å²) in [6.07, 6.45) is 0. The minimum Gasteiger partial charge on any atom is -0.368 e. The number of carbonyl (C=O) groups is 1. The summed E-state index contributed by atoms with van der Waals surface area (Å²) >= 11 is 0. The summed E-state index contributed by atoms with van der Waals surface area (Å²) in [5.41, 5.74) is 1.92. The van der Waals surface area contributed by atoms with Crippen molar-refractivity contribution >= 4 is 27.6 Å². The number of hydrogen-bond donors (Lipinski definition) is 2. The number of benzene rings is 2. The molecule has 0 unspecified atom stereocenters. The second kappa shape index (κ2) is 7.12. The predicted octanol–water partition coefficient (Wildman–Crippen LogP) is 1.86.